The van der Waals surface area contributed by atoms with Gasteiger partial charge in [-0.25, -0.2) is 4.39 Å². The van der Waals surface area contributed by atoms with Crippen molar-refractivity contribution in [3.63, 3.8) is 0 Å². The molecule has 0 aromatic heterocycles. The van der Waals surface area contributed by atoms with E-state index in [-0.39, 0.29) is 11.4 Å². The minimum atomic E-state index is -4.76. The number of amides is 1. The Balaban J connectivity index is 2.12. The molecular formula is C18H14F4N2O2S. The van der Waals surface area contributed by atoms with Crippen LogP contribution in [0.3, 0.4) is 0 Å². The molecule has 9 heteroatoms. The quantitative estimate of drug-likeness (QED) is 0.585. The number of carbonyl (C=O) groups excluding carboxylic acids is 1. The number of carbonyl (C=O) groups is 1. The summed E-state index contributed by atoms with van der Waals surface area (Å²) < 4.78 is 52.1. The van der Waals surface area contributed by atoms with Crippen LogP contribution in [0.15, 0.2) is 47.4 Å². The minimum Gasteiger partial charge on any atom is -0.379 e. The number of nitrogens with one attached hydrogen (secondary N) is 1. The number of halogens is 4. The largest absolute Gasteiger partial charge is 0.417 e. The third-order valence-corrected chi connectivity index (χ3v) is 4.80. The lowest BCUT2D eigenvalue weighted by molar-refractivity contribution is -0.137. The van der Waals surface area contributed by atoms with Crippen LogP contribution in [-0.4, -0.2) is 22.4 Å². The fourth-order valence-electron chi connectivity index (χ4n) is 2.07. The molecule has 142 valence electrons. The molecule has 1 unspecified atom stereocenters. The first-order valence-electron chi connectivity index (χ1n) is 7.56. The molecule has 0 aliphatic heterocycles. The summed E-state index contributed by atoms with van der Waals surface area (Å²) in [5, 5.41) is 21.3. The van der Waals surface area contributed by atoms with E-state index < -0.39 is 34.6 Å². The highest BCUT2D eigenvalue weighted by atomic mass is 32.2. The number of hydrogen-bond donors (Lipinski definition) is 2. The molecule has 0 saturated heterocycles. The van der Waals surface area contributed by atoms with Gasteiger partial charge in [0.05, 0.1) is 17.2 Å². The summed E-state index contributed by atoms with van der Waals surface area (Å²) in [5.41, 5.74) is -3.89. The van der Waals surface area contributed by atoms with E-state index in [1.54, 1.807) is 6.07 Å². The number of alkyl halides is 3. The molecule has 0 radical (unpaired) electrons. The standard InChI is InChI=1S/C18H14F4N2O2S/c1-17(26,10-27-14-4-2-3-12(19)7-14)16(25)24-13-6-5-11(9-23)15(8-13)18(20,21)22/h2-8,26H,10H2,1H3,(H,24,25). The topological polar surface area (TPSA) is 73.1 Å². The molecule has 1 atom stereocenters. The highest BCUT2D eigenvalue weighted by Gasteiger charge is 2.35. The summed E-state index contributed by atoms with van der Waals surface area (Å²) in [5.74, 6) is -1.55. The van der Waals surface area contributed by atoms with Crippen molar-refractivity contribution in [2.45, 2.75) is 23.6 Å². The van der Waals surface area contributed by atoms with E-state index in [4.69, 9.17) is 5.26 Å². The van der Waals surface area contributed by atoms with Crippen LogP contribution in [0.25, 0.3) is 0 Å². The van der Waals surface area contributed by atoms with E-state index in [0.717, 1.165) is 23.9 Å². The van der Waals surface area contributed by atoms with Gasteiger partial charge in [-0.05, 0) is 43.3 Å². The van der Waals surface area contributed by atoms with Crippen molar-refractivity contribution in [2.75, 3.05) is 11.1 Å². The fourth-order valence-corrected chi connectivity index (χ4v) is 3.02. The highest BCUT2D eigenvalue weighted by Crippen LogP contribution is 2.34. The summed E-state index contributed by atoms with van der Waals surface area (Å²) in [6, 6.07) is 9.70. The molecule has 4 nitrogen and oxygen atoms in total. The van der Waals surface area contributed by atoms with Gasteiger partial charge in [0.25, 0.3) is 5.91 Å². The van der Waals surface area contributed by atoms with Crippen molar-refractivity contribution in [1.82, 2.24) is 0 Å². The molecule has 0 spiro atoms. The maximum Gasteiger partial charge on any atom is 0.417 e. The predicted octanol–water partition coefficient (Wildman–Crippen LogP) is 4.20. The summed E-state index contributed by atoms with van der Waals surface area (Å²) >= 11 is 1.02. The van der Waals surface area contributed by atoms with E-state index in [1.807, 2.05) is 0 Å². The van der Waals surface area contributed by atoms with Gasteiger partial charge in [0, 0.05) is 16.3 Å². The van der Waals surface area contributed by atoms with Crippen LogP contribution >= 0.6 is 11.8 Å². The Kier molecular flexibility index (Phi) is 6.13. The average molecular weight is 398 g/mol. The second kappa shape index (κ2) is 7.98. The Morgan fingerprint density at radius 3 is 2.56 bits per heavy atom. The first kappa shape index (κ1) is 20.7. The van der Waals surface area contributed by atoms with Gasteiger partial charge in [-0.3, -0.25) is 4.79 Å². The third kappa shape index (κ3) is 5.45. The maximum absolute atomic E-state index is 13.2. The number of thioether (sulfide) groups is 1. The van der Waals surface area contributed by atoms with Crippen molar-refractivity contribution in [1.29, 1.82) is 5.26 Å². The molecule has 27 heavy (non-hydrogen) atoms. The zero-order valence-corrected chi connectivity index (χ0v) is 14.8. The number of nitriles is 1. The van der Waals surface area contributed by atoms with Crippen molar-refractivity contribution in [3.8, 4) is 6.07 Å². The summed E-state index contributed by atoms with van der Waals surface area (Å²) in [4.78, 5) is 12.7. The second-order valence-electron chi connectivity index (χ2n) is 5.84. The first-order chi connectivity index (χ1) is 12.5. The van der Waals surface area contributed by atoms with Gasteiger partial charge in [0.1, 0.15) is 11.4 Å². The number of benzene rings is 2. The second-order valence-corrected chi connectivity index (χ2v) is 6.89. The monoisotopic (exact) mass is 398 g/mol. The van der Waals surface area contributed by atoms with Gasteiger partial charge in [0.2, 0.25) is 0 Å². The molecule has 2 aromatic rings. The van der Waals surface area contributed by atoms with Crippen LogP contribution in [0.4, 0.5) is 23.2 Å². The van der Waals surface area contributed by atoms with Crippen LogP contribution in [0, 0.1) is 17.1 Å². The van der Waals surface area contributed by atoms with Crippen LogP contribution in [0.2, 0.25) is 0 Å². The molecule has 2 N–H and O–H groups in total. The molecule has 2 rings (SSSR count). The average Bonchev–Trinajstić information content (AvgIpc) is 2.59. The molecule has 0 fully saturated rings. The minimum absolute atomic E-state index is 0.148. The van der Waals surface area contributed by atoms with E-state index in [2.05, 4.69) is 5.32 Å². The van der Waals surface area contributed by atoms with Gasteiger partial charge in [-0.2, -0.15) is 18.4 Å². The number of hydrogen-bond acceptors (Lipinski definition) is 4. The van der Waals surface area contributed by atoms with E-state index in [9.17, 15) is 27.5 Å². The van der Waals surface area contributed by atoms with Crippen LogP contribution in [0.5, 0.6) is 0 Å². The number of aliphatic hydroxyl groups is 1. The Morgan fingerprint density at radius 1 is 1.26 bits per heavy atom. The predicted molar refractivity (Wildman–Crippen MR) is 92.5 cm³/mol. The Morgan fingerprint density at radius 2 is 1.96 bits per heavy atom. The molecule has 0 aliphatic rings. The van der Waals surface area contributed by atoms with E-state index >= 15 is 0 Å². The molecule has 2 aromatic carbocycles. The zero-order chi connectivity index (χ0) is 20.2. The lowest BCUT2D eigenvalue weighted by Crippen LogP contribution is -2.42. The van der Waals surface area contributed by atoms with Crippen LogP contribution in [-0.2, 0) is 11.0 Å². The van der Waals surface area contributed by atoms with E-state index in [0.29, 0.717) is 11.0 Å². The lowest BCUT2D eigenvalue weighted by Gasteiger charge is -2.22. The summed E-state index contributed by atoms with van der Waals surface area (Å²) in [6.07, 6.45) is -4.76. The molecule has 0 heterocycles. The molecule has 0 saturated carbocycles. The van der Waals surface area contributed by atoms with Crippen LogP contribution in [0.1, 0.15) is 18.1 Å². The number of anilines is 1. The summed E-state index contributed by atoms with van der Waals surface area (Å²) in [7, 11) is 0. The summed E-state index contributed by atoms with van der Waals surface area (Å²) in [6.45, 7) is 1.20. The molecule has 0 bridgehead atoms. The van der Waals surface area contributed by atoms with E-state index in [1.165, 1.54) is 31.2 Å². The highest BCUT2D eigenvalue weighted by molar-refractivity contribution is 7.99. The number of rotatable bonds is 5. The first-order valence-corrected chi connectivity index (χ1v) is 8.55. The molecule has 0 aliphatic carbocycles. The van der Waals surface area contributed by atoms with Crippen molar-refractivity contribution in [2.24, 2.45) is 0 Å². The molecule has 1 amide bonds. The van der Waals surface area contributed by atoms with Gasteiger partial charge >= 0.3 is 6.18 Å². The van der Waals surface area contributed by atoms with Crippen molar-refractivity contribution >= 4 is 23.4 Å². The maximum atomic E-state index is 13.2. The van der Waals surface area contributed by atoms with Gasteiger partial charge in [-0.15, -0.1) is 11.8 Å². The van der Waals surface area contributed by atoms with Crippen LogP contribution < -0.4 is 5.32 Å². The Bertz CT molecular complexity index is 892. The third-order valence-electron chi connectivity index (χ3n) is 3.51. The van der Waals surface area contributed by atoms with Crippen molar-refractivity contribution in [3.05, 3.63) is 59.4 Å². The van der Waals surface area contributed by atoms with Gasteiger partial charge in [-0.1, -0.05) is 6.07 Å². The van der Waals surface area contributed by atoms with Gasteiger partial charge in [0.15, 0.2) is 0 Å². The van der Waals surface area contributed by atoms with Gasteiger partial charge < -0.3 is 10.4 Å². The Hall–Kier alpha value is -2.57. The lowest BCUT2D eigenvalue weighted by atomic mass is 10.1. The SMILES string of the molecule is CC(O)(CSc1cccc(F)c1)C(=O)Nc1ccc(C#N)c(C(F)(F)F)c1. The van der Waals surface area contributed by atoms with Crippen molar-refractivity contribution < 1.29 is 27.5 Å². The Labute approximate surface area is 156 Å². The zero-order valence-electron chi connectivity index (χ0n) is 14.0. The fraction of sp³-hybridized carbons (Fsp3) is 0.222. The normalized spacial score (nSPS) is 13.5. The smallest absolute Gasteiger partial charge is 0.379 e. The molecular weight excluding hydrogens is 384 g/mol. The number of nitrogens with zero attached hydrogens (tertiary/aromatic N) is 1.